The van der Waals surface area contributed by atoms with E-state index in [1.54, 1.807) is 24.4 Å². The van der Waals surface area contributed by atoms with E-state index in [1.165, 1.54) is 12.3 Å². The van der Waals surface area contributed by atoms with Gasteiger partial charge in [0, 0.05) is 22.6 Å². The highest BCUT2D eigenvalue weighted by Crippen LogP contribution is 2.24. The van der Waals surface area contributed by atoms with E-state index in [1.807, 2.05) is 13.8 Å². The molecule has 0 aliphatic carbocycles. The lowest BCUT2D eigenvalue weighted by Gasteiger charge is -2.14. The lowest BCUT2D eigenvalue weighted by molar-refractivity contribution is 0.0990. The van der Waals surface area contributed by atoms with Crippen molar-refractivity contribution in [2.75, 3.05) is 5.32 Å². The standard InChI is InChI=1S/C16H16BrN3O3/c1-9(2)23-14-4-3-12(6-13(14)15(18)21)20-16(22)10-5-11(17)8-19-7-10/h3-9H,1-2H3,(H2,18,21)(H,20,22). The van der Waals surface area contributed by atoms with Gasteiger partial charge in [0.05, 0.1) is 17.2 Å². The fraction of sp³-hybridized carbons (Fsp3) is 0.188. The number of rotatable bonds is 5. The second kappa shape index (κ2) is 7.23. The van der Waals surface area contributed by atoms with Crippen LogP contribution in [0.5, 0.6) is 5.75 Å². The number of pyridine rings is 1. The molecule has 2 rings (SSSR count). The largest absolute Gasteiger partial charge is 0.490 e. The fourth-order valence-electron chi connectivity index (χ4n) is 1.90. The number of nitrogens with zero attached hydrogens (tertiary/aromatic N) is 1. The maximum Gasteiger partial charge on any atom is 0.257 e. The number of anilines is 1. The van der Waals surface area contributed by atoms with Gasteiger partial charge in [-0.05, 0) is 54.0 Å². The zero-order valence-corrected chi connectivity index (χ0v) is 14.3. The zero-order valence-electron chi connectivity index (χ0n) is 12.7. The molecule has 0 fully saturated rings. The van der Waals surface area contributed by atoms with E-state index in [0.29, 0.717) is 21.5 Å². The third-order valence-electron chi connectivity index (χ3n) is 2.83. The topological polar surface area (TPSA) is 94.3 Å². The number of amides is 2. The second-order valence-corrected chi connectivity index (χ2v) is 6.00. The number of halogens is 1. The molecule has 0 radical (unpaired) electrons. The number of nitrogens with one attached hydrogen (secondary N) is 1. The van der Waals surface area contributed by atoms with E-state index in [-0.39, 0.29) is 17.6 Å². The van der Waals surface area contributed by atoms with Crippen molar-refractivity contribution in [3.05, 3.63) is 52.3 Å². The summed E-state index contributed by atoms with van der Waals surface area (Å²) in [5.41, 5.74) is 6.42. The van der Waals surface area contributed by atoms with Gasteiger partial charge in [0.2, 0.25) is 0 Å². The molecule has 7 heteroatoms. The maximum absolute atomic E-state index is 12.2. The zero-order chi connectivity index (χ0) is 17.0. The summed E-state index contributed by atoms with van der Waals surface area (Å²) in [4.78, 5) is 27.7. The minimum Gasteiger partial charge on any atom is -0.490 e. The van der Waals surface area contributed by atoms with E-state index in [4.69, 9.17) is 10.5 Å². The lowest BCUT2D eigenvalue weighted by Crippen LogP contribution is -2.17. The molecule has 120 valence electrons. The Bertz CT molecular complexity index is 747. The quantitative estimate of drug-likeness (QED) is 0.836. The Morgan fingerprint density at radius 2 is 2.00 bits per heavy atom. The van der Waals surface area contributed by atoms with Crippen molar-refractivity contribution in [1.82, 2.24) is 4.98 Å². The molecule has 2 amide bonds. The average molecular weight is 378 g/mol. The molecule has 0 aliphatic rings. The molecule has 0 unspecified atom stereocenters. The summed E-state index contributed by atoms with van der Waals surface area (Å²) in [6.07, 6.45) is 2.94. The van der Waals surface area contributed by atoms with Gasteiger partial charge in [0.1, 0.15) is 5.75 Å². The SMILES string of the molecule is CC(C)Oc1ccc(NC(=O)c2cncc(Br)c2)cc1C(N)=O. The summed E-state index contributed by atoms with van der Waals surface area (Å²) < 4.78 is 6.24. The smallest absolute Gasteiger partial charge is 0.257 e. The van der Waals surface area contributed by atoms with Crippen molar-refractivity contribution in [1.29, 1.82) is 0 Å². The van der Waals surface area contributed by atoms with Crippen LogP contribution in [0.3, 0.4) is 0 Å². The molecule has 0 atom stereocenters. The monoisotopic (exact) mass is 377 g/mol. The number of hydrogen-bond acceptors (Lipinski definition) is 4. The number of ether oxygens (including phenoxy) is 1. The fourth-order valence-corrected chi connectivity index (χ4v) is 2.26. The number of primary amides is 1. The van der Waals surface area contributed by atoms with Crippen LogP contribution in [-0.2, 0) is 0 Å². The number of nitrogens with two attached hydrogens (primary N) is 1. The molecule has 1 aromatic heterocycles. The van der Waals surface area contributed by atoms with E-state index in [2.05, 4.69) is 26.2 Å². The van der Waals surface area contributed by atoms with Crippen LogP contribution in [0.2, 0.25) is 0 Å². The van der Waals surface area contributed by atoms with Crippen LogP contribution in [0.4, 0.5) is 5.69 Å². The summed E-state index contributed by atoms with van der Waals surface area (Å²) in [6.45, 7) is 3.70. The molecule has 2 aromatic rings. The Morgan fingerprint density at radius 3 is 2.61 bits per heavy atom. The van der Waals surface area contributed by atoms with E-state index >= 15 is 0 Å². The summed E-state index contributed by atoms with van der Waals surface area (Å²) >= 11 is 3.26. The van der Waals surface area contributed by atoms with Crippen LogP contribution in [-0.4, -0.2) is 22.9 Å². The van der Waals surface area contributed by atoms with Crippen LogP contribution in [0, 0.1) is 0 Å². The predicted molar refractivity (Wildman–Crippen MR) is 90.6 cm³/mol. The van der Waals surface area contributed by atoms with Crippen molar-refractivity contribution < 1.29 is 14.3 Å². The average Bonchev–Trinajstić information content (AvgIpc) is 2.48. The van der Waals surface area contributed by atoms with Crippen molar-refractivity contribution in [2.45, 2.75) is 20.0 Å². The summed E-state index contributed by atoms with van der Waals surface area (Å²) in [7, 11) is 0. The molecule has 0 saturated carbocycles. The van der Waals surface area contributed by atoms with E-state index < -0.39 is 5.91 Å². The van der Waals surface area contributed by atoms with Crippen molar-refractivity contribution >= 4 is 33.4 Å². The Morgan fingerprint density at radius 1 is 1.26 bits per heavy atom. The van der Waals surface area contributed by atoms with Gasteiger partial charge in [-0.2, -0.15) is 0 Å². The Hall–Kier alpha value is -2.41. The minimum atomic E-state index is -0.624. The van der Waals surface area contributed by atoms with Gasteiger partial charge in [0.15, 0.2) is 0 Å². The highest BCUT2D eigenvalue weighted by atomic mass is 79.9. The minimum absolute atomic E-state index is 0.0960. The van der Waals surface area contributed by atoms with Crippen molar-refractivity contribution in [3.63, 3.8) is 0 Å². The molecule has 23 heavy (non-hydrogen) atoms. The third-order valence-corrected chi connectivity index (χ3v) is 3.27. The number of benzene rings is 1. The highest BCUT2D eigenvalue weighted by molar-refractivity contribution is 9.10. The lowest BCUT2D eigenvalue weighted by atomic mass is 10.1. The molecule has 0 bridgehead atoms. The van der Waals surface area contributed by atoms with Gasteiger partial charge >= 0.3 is 0 Å². The molecular weight excluding hydrogens is 362 g/mol. The van der Waals surface area contributed by atoms with Gasteiger partial charge < -0.3 is 15.8 Å². The second-order valence-electron chi connectivity index (χ2n) is 5.09. The van der Waals surface area contributed by atoms with Crippen molar-refractivity contribution in [2.24, 2.45) is 5.73 Å². The molecular formula is C16H16BrN3O3. The summed E-state index contributed by atoms with van der Waals surface area (Å²) in [6, 6.07) is 6.39. The first-order valence-corrected chi connectivity index (χ1v) is 7.68. The number of aromatic nitrogens is 1. The first kappa shape index (κ1) is 17.0. The van der Waals surface area contributed by atoms with Gasteiger partial charge in [-0.1, -0.05) is 0 Å². The summed E-state index contributed by atoms with van der Waals surface area (Å²) in [5, 5.41) is 2.70. The third kappa shape index (κ3) is 4.53. The van der Waals surface area contributed by atoms with Gasteiger partial charge in [-0.3, -0.25) is 14.6 Å². The van der Waals surface area contributed by atoms with Crippen LogP contribution in [0.1, 0.15) is 34.6 Å². The molecule has 0 aliphatic heterocycles. The van der Waals surface area contributed by atoms with Crippen LogP contribution >= 0.6 is 15.9 Å². The molecule has 0 spiro atoms. The molecule has 3 N–H and O–H groups in total. The first-order valence-electron chi connectivity index (χ1n) is 6.89. The first-order chi connectivity index (χ1) is 10.9. The molecule has 6 nitrogen and oxygen atoms in total. The Kier molecular flexibility index (Phi) is 5.33. The Labute approximate surface area is 142 Å². The predicted octanol–water partition coefficient (Wildman–Crippen LogP) is 2.98. The van der Waals surface area contributed by atoms with Gasteiger partial charge in [-0.25, -0.2) is 0 Å². The number of carbonyl (C=O) groups excluding carboxylic acids is 2. The van der Waals surface area contributed by atoms with Crippen LogP contribution in [0.15, 0.2) is 41.1 Å². The van der Waals surface area contributed by atoms with Gasteiger partial charge in [-0.15, -0.1) is 0 Å². The van der Waals surface area contributed by atoms with Crippen LogP contribution < -0.4 is 15.8 Å². The summed E-state index contributed by atoms with van der Waals surface area (Å²) in [5.74, 6) is -0.581. The molecule has 1 heterocycles. The van der Waals surface area contributed by atoms with Crippen LogP contribution in [0.25, 0.3) is 0 Å². The van der Waals surface area contributed by atoms with Gasteiger partial charge in [0.25, 0.3) is 11.8 Å². The maximum atomic E-state index is 12.2. The number of carbonyl (C=O) groups is 2. The Balaban J connectivity index is 2.25. The van der Waals surface area contributed by atoms with E-state index in [0.717, 1.165) is 0 Å². The van der Waals surface area contributed by atoms with Crippen molar-refractivity contribution in [3.8, 4) is 5.75 Å². The van der Waals surface area contributed by atoms with E-state index in [9.17, 15) is 9.59 Å². The molecule has 0 saturated heterocycles. The molecule has 1 aromatic carbocycles. The number of hydrogen-bond donors (Lipinski definition) is 2. The highest BCUT2D eigenvalue weighted by Gasteiger charge is 2.14. The normalized spacial score (nSPS) is 10.4.